The smallest absolute Gasteiger partial charge is 0.252 e. The van der Waals surface area contributed by atoms with E-state index in [0.29, 0.717) is 23.5 Å². The lowest BCUT2D eigenvalue weighted by atomic mass is 9.96. The van der Waals surface area contributed by atoms with Crippen molar-refractivity contribution in [2.75, 3.05) is 14.2 Å². The molecule has 0 spiro atoms. The minimum atomic E-state index is -0.118. The Kier molecular flexibility index (Phi) is 7.11. The van der Waals surface area contributed by atoms with E-state index in [-0.39, 0.29) is 30.4 Å². The number of nitrogens with one attached hydrogen (secondary N) is 1. The van der Waals surface area contributed by atoms with Gasteiger partial charge in [0, 0.05) is 40.0 Å². The van der Waals surface area contributed by atoms with Gasteiger partial charge in [0.15, 0.2) is 11.5 Å². The molecule has 0 aliphatic carbocycles. The van der Waals surface area contributed by atoms with Crippen LogP contribution < -0.4 is 15.0 Å². The zero-order valence-corrected chi connectivity index (χ0v) is 17.9. The van der Waals surface area contributed by atoms with Gasteiger partial charge in [-0.3, -0.25) is 9.78 Å². The Labute approximate surface area is 180 Å². The summed E-state index contributed by atoms with van der Waals surface area (Å²) in [5.74, 6) is 1.19. The molecule has 0 radical (unpaired) electrons. The molecular formula is C22H22Cl2N2O3. The molecule has 7 heteroatoms. The van der Waals surface area contributed by atoms with Gasteiger partial charge in [0.05, 0.1) is 19.7 Å². The summed E-state index contributed by atoms with van der Waals surface area (Å²) < 4.78 is 11.1. The topological polar surface area (TPSA) is 64.2 Å². The Bertz CT molecular complexity index is 1220. The lowest BCUT2D eigenvalue weighted by Crippen LogP contribution is -2.16. The fourth-order valence-electron chi connectivity index (χ4n) is 3.63. The number of rotatable bonds is 4. The van der Waals surface area contributed by atoms with Gasteiger partial charge in [0.1, 0.15) is 0 Å². The third-order valence-corrected chi connectivity index (χ3v) is 4.93. The van der Waals surface area contributed by atoms with Crippen molar-refractivity contribution in [1.82, 2.24) is 9.97 Å². The molecule has 0 aliphatic heterocycles. The van der Waals surface area contributed by atoms with E-state index in [4.69, 9.17) is 9.47 Å². The molecule has 1 N–H and O–H groups in total. The Morgan fingerprint density at radius 3 is 2.45 bits per heavy atom. The Balaban J connectivity index is 0.00000150. The summed E-state index contributed by atoms with van der Waals surface area (Å²) in [7, 11) is 3.19. The molecule has 29 heavy (non-hydrogen) atoms. The summed E-state index contributed by atoms with van der Waals surface area (Å²) in [4.78, 5) is 20.3. The van der Waals surface area contributed by atoms with E-state index in [1.165, 1.54) is 0 Å². The van der Waals surface area contributed by atoms with Crippen LogP contribution in [0.25, 0.3) is 21.7 Å². The molecule has 4 rings (SSSR count). The van der Waals surface area contributed by atoms with E-state index < -0.39 is 0 Å². The number of para-hydroxylation sites is 1. The number of aromatic amines is 1. The van der Waals surface area contributed by atoms with Gasteiger partial charge in [-0.25, -0.2) is 0 Å². The summed E-state index contributed by atoms with van der Waals surface area (Å²) in [6, 6.07) is 13.7. The monoisotopic (exact) mass is 432 g/mol. The maximum absolute atomic E-state index is 12.9. The maximum Gasteiger partial charge on any atom is 0.252 e. The Morgan fingerprint density at radius 2 is 1.72 bits per heavy atom. The second-order valence-corrected chi connectivity index (χ2v) is 6.45. The molecule has 2 aromatic carbocycles. The number of methoxy groups -OCH3 is 2. The van der Waals surface area contributed by atoms with Crippen molar-refractivity contribution in [3.05, 3.63) is 75.8 Å². The molecular weight excluding hydrogens is 411 g/mol. The highest BCUT2D eigenvalue weighted by molar-refractivity contribution is 5.95. The summed E-state index contributed by atoms with van der Waals surface area (Å²) in [5, 5.41) is 2.77. The molecule has 0 unspecified atom stereocenters. The number of pyridine rings is 2. The van der Waals surface area contributed by atoms with Crippen LogP contribution in [0.2, 0.25) is 0 Å². The highest BCUT2D eigenvalue weighted by atomic mass is 35.5. The van der Waals surface area contributed by atoms with Gasteiger partial charge in [-0.1, -0.05) is 18.2 Å². The molecule has 0 fully saturated rings. The van der Waals surface area contributed by atoms with Gasteiger partial charge in [0.25, 0.3) is 5.56 Å². The first-order valence-electron chi connectivity index (χ1n) is 8.73. The van der Waals surface area contributed by atoms with Crippen molar-refractivity contribution in [3.63, 3.8) is 0 Å². The number of benzene rings is 2. The minimum absolute atomic E-state index is 0. The van der Waals surface area contributed by atoms with E-state index in [9.17, 15) is 4.79 Å². The fourth-order valence-corrected chi connectivity index (χ4v) is 3.63. The molecule has 2 aromatic heterocycles. The van der Waals surface area contributed by atoms with Gasteiger partial charge in [-0.05, 0) is 36.8 Å². The molecule has 0 amide bonds. The number of hydrogen-bond acceptors (Lipinski definition) is 4. The summed E-state index contributed by atoms with van der Waals surface area (Å²) in [6.07, 6.45) is 2.25. The largest absolute Gasteiger partial charge is 0.493 e. The highest BCUT2D eigenvalue weighted by Crippen LogP contribution is 2.38. The quantitative estimate of drug-likeness (QED) is 0.501. The minimum Gasteiger partial charge on any atom is -0.493 e. The highest BCUT2D eigenvalue weighted by Gasteiger charge is 2.18. The van der Waals surface area contributed by atoms with Gasteiger partial charge in [-0.2, -0.15) is 0 Å². The van der Waals surface area contributed by atoms with Crippen LogP contribution in [0.15, 0.2) is 53.5 Å². The second kappa shape index (κ2) is 9.16. The van der Waals surface area contributed by atoms with Crippen LogP contribution in [0.4, 0.5) is 0 Å². The standard InChI is InChI=1S/C22H20N2O3.2ClH/c1-13-15-8-9-19(26-2)21(27-3)20(15)17(22(25)24-13)12-14-10-11-23-18-7-5-4-6-16(14)18;;/h4-11H,12H2,1-3H3,(H,24,25);2*1H. The van der Waals surface area contributed by atoms with Gasteiger partial charge in [0.2, 0.25) is 0 Å². The van der Waals surface area contributed by atoms with Crippen LogP contribution in [0.3, 0.4) is 0 Å². The molecule has 0 saturated carbocycles. The van der Waals surface area contributed by atoms with Crippen LogP contribution in [0.1, 0.15) is 16.8 Å². The predicted molar refractivity (Wildman–Crippen MR) is 121 cm³/mol. The lowest BCUT2D eigenvalue weighted by molar-refractivity contribution is 0.358. The average molecular weight is 433 g/mol. The zero-order valence-electron chi connectivity index (χ0n) is 16.3. The summed E-state index contributed by atoms with van der Waals surface area (Å²) in [6.45, 7) is 1.89. The molecule has 152 valence electrons. The first kappa shape index (κ1) is 22.5. The number of aryl methyl sites for hydroxylation is 1. The number of nitrogens with zero attached hydrogens (tertiary/aromatic N) is 1. The number of halogens is 2. The molecule has 5 nitrogen and oxygen atoms in total. The van der Waals surface area contributed by atoms with Crippen LogP contribution in [-0.2, 0) is 6.42 Å². The zero-order chi connectivity index (χ0) is 19.0. The van der Waals surface area contributed by atoms with Crippen molar-refractivity contribution in [2.24, 2.45) is 0 Å². The normalized spacial score (nSPS) is 10.3. The maximum atomic E-state index is 12.9. The molecule has 0 atom stereocenters. The molecule has 0 aliphatic rings. The third kappa shape index (κ3) is 3.88. The van der Waals surface area contributed by atoms with Crippen LogP contribution in [0.5, 0.6) is 11.5 Å². The first-order valence-corrected chi connectivity index (χ1v) is 8.73. The Hall–Kier alpha value is -2.76. The molecule has 4 aromatic rings. The van der Waals surface area contributed by atoms with Crippen molar-refractivity contribution >= 4 is 46.5 Å². The summed E-state index contributed by atoms with van der Waals surface area (Å²) in [5.41, 5.74) is 3.29. The van der Waals surface area contributed by atoms with Gasteiger partial charge in [-0.15, -0.1) is 24.8 Å². The van der Waals surface area contributed by atoms with Gasteiger partial charge >= 0.3 is 0 Å². The third-order valence-electron chi connectivity index (χ3n) is 4.93. The molecule has 0 bridgehead atoms. The predicted octanol–water partition coefficient (Wildman–Crippen LogP) is 4.84. The number of ether oxygens (including phenoxy) is 2. The van der Waals surface area contributed by atoms with Crippen LogP contribution >= 0.6 is 24.8 Å². The van der Waals surface area contributed by atoms with E-state index in [2.05, 4.69) is 9.97 Å². The van der Waals surface area contributed by atoms with Crippen molar-refractivity contribution in [1.29, 1.82) is 0 Å². The molecule has 0 saturated heterocycles. The number of aromatic nitrogens is 2. The average Bonchev–Trinajstić information content (AvgIpc) is 2.70. The van der Waals surface area contributed by atoms with Crippen molar-refractivity contribution in [2.45, 2.75) is 13.3 Å². The van der Waals surface area contributed by atoms with Gasteiger partial charge < -0.3 is 14.5 Å². The second-order valence-electron chi connectivity index (χ2n) is 6.45. The number of fused-ring (bicyclic) bond motifs is 2. The molecule has 2 heterocycles. The SMILES string of the molecule is COc1ccc2c(C)[nH]c(=O)c(Cc3ccnc4ccccc34)c2c1OC.Cl.Cl. The summed E-state index contributed by atoms with van der Waals surface area (Å²) >= 11 is 0. The van der Waals surface area contributed by atoms with E-state index in [1.807, 2.05) is 49.4 Å². The van der Waals surface area contributed by atoms with Crippen LogP contribution in [0, 0.1) is 6.92 Å². The first-order chi connectivity index (χ1) is 13.1. The van der Waals surface area contributed by atoms with E-state index in [0.717, 1.165) is 32.9 Å². The lowest BCUT2D eigenvalue weighted by Gasteiger charge is -2.15. The van der Waals surface area contributed by atoms with Crippen molar-refractivity contribution < 1.29 is 9.47 Å². The number of H-pyrrole nitrogens is 1. The fraction of sp³-hybridized carbons (Fsp3) is 0.182. The van der Waals surface area contributed by atoms with Crippen LogP contribution in [-0.4, -0.2) is 24.2 Å². The van der Waals surface area contributed by atoms with E-state index >= 15 is 0 Å². The van der Waals surface area contributed by atoms with E-state index in [1.54, 1.807) is 20.4 Å². The Morgan fingerprint density at radius 1 is 0.966 bits per heavy atom. The van der Waals surface area contributed by atoms with Crippen molar-refractivity contribution in [3.8, 4) is 11.5 Å². The number of hydrogen-bond donors (Lipinski definition) is 1.